The molecule has 3 aromatic rings. The third kappa shape index (κ3) is 4.11. The number of nitrogens with zero attached hydrogens (tertiary/aromatic N) is 4. The summed E-state index contributed by atoms with van der Waals surface area (Å²) >= 11 is 0. The van der Waals surface area contributed by atoms with Gasteiger partial charge in [0.15, 0.2) is 11.2 Å². The molecule has 0 amide bonds. The van der Waals surface area contributed by atoms with E-state index in [1.54, 1.807) is 11.6 Å². The molecule has 0 bridgehead atoms. The van der Waals surface area contributed by atoms with Gasteiger partial charge in [-0.3, -0.25) is 14.3 Å². The van der Waals surface area contributed by atoms with E-state index < -0.39 is 17.4 Å². The first-order chi connectivity index (χ1) is 14.3. The van der Waals surface area contributed by atoms with Crippen molar-refractivity contribution in [1.82, 2.24) is 19.1 Å². The van der Waals surface area contributed by atoms with Gasteiger partial charge >= 0.3 is 5.69 Å². The van der Waals surface area contributed by atoms with Crippen LogP contribution < -0.4 is 20.9 Å². The molecule has 1 unspecified atom stereocenters. The number of aromatic nitrogens is 4. The summed E-state index contributed by atoms with van der Waals surface area (Å²) in [5, 5.41) is 10.7. The van der Waals surface area contributed by atoms with Crippen molar-refractivity contribution in [1.29, 1.82) is 0 Å². The summed E-state index contributed by atoms with van der Waals surface area (Å²) in [6, 6.07) is 5.76. The molecule has 2 heterocycles. The maximum absolute atomic E-state index is 12.6. The molecule has 0 aliphatic carbocycles. The lowest BCUT2D eigenvalue weighted by Gasteiger charge is -2.22. The van der Waals surface area contributed by atoms with Gasteiger partial charge in [0.25, 0.3) is 5.56 Å². The Morgan fingerprint density at radius 2 is 1.90 bits per heavy atom. The lowest BCUT2D eigenvalue weighted by Crippen LogP contribution is -2.32. The molecule has 2 N–H and O–H groups in total. The number of aromatic amines is 1. The fourth-order valence-electron chi connectivity index (χ4n) is 3.40. The number of rotatable bonds is 8. The fourth-order valence-corrected chi connectivity index (χ4v) is 3.40. The number of nitrogens with one attached hydrogen (secondary N) is 1. The Hall–Kier alpha value is -3.07. The van der Waals surface area contributed by atoms with Crippen LogP contribution in [0.3, 0.4) is 0 Å². The van der Waals surface area contributed by atoms with Gasteiger partial charge in [-0.05, 0) is 51.0 Å². The Bertz CT molecular complexity index is 1160. The van der Waals surface area contributed by atoms with Crippen LogP contribution in [-0.4, -0.2) is 50.0 Å². The first-order valence-corrected chi connectivity index (χ1v) is 10.1. The lowest BCUT2D eigenvalue weighted by atomic mass is 10.1. The predicted molar refractivity (Wildman–Crippen MR) is 117 cm³/mol. The normalized spacial score (nSPS) is 12.3. The van der Waals surface area contributed by atoms with E-state index in [4.69, 9.17) is 4.74 Å². The summed E-state index contributed by atoms with van der Waals surface area (Å²) in [5.41, 5.74) is 1.76. The first kappa shape index (κ1) is 21.6. The standard InChI is InChI=1S/C21H29N5O4/c1-6-25(7-2)20-22-18-17(19(28)23-21(29)24(18)5)26(20)11-15(27)12-30-16-9-8-13(3)14(4)10-16/h8-10,15,27H,6-7,11-12H2,1-5H3,(H,23,28,29). The van der Waals surface area contributed by atoms with Gasteiger partial charge in [0.1, 0.15) is 18.5 Å². The van der Waals surface area contributed by atoms with Gasteiger partial charge in [-0.15, -0.1) is 0 Å². The van der Waals surface area contributed by atoms with Gasteiger partial charge in [-0.25, -0.2) is 4.79 Å². The average molecular weight is 415 g/mol. The van der Waals surface area contributed by atoms with Crippen LogP contribution >= 0.6 is 0 Å². The molecule has 1 aromatic carbocycles. The smallest absolute Gasteiger partial charge is 0.329 e. The third-order valence-corrected chi connectivity index (χ3v) is 5.35. The van der Waals surface area contributed by atoms with Crippen LogP contribution in [0.15, 0.2) is 27.8 Å². The highest BCUT2D eigenvalue weighted by atomic mass is 16.5. The zero-order valence-electron chi connectivity index (χ0n) is 18.1. The molecule has 9 nitrogen and oxygen atoms in total. The highest BCUT2D eigenvalue weighted by molar-refractivity contribution is 5.74. The minimum atomic E-state index is -0.880. The average Bonchev–Trinajstić information content (AvgIpc) is 3.08. The van der Waals surface area contributed by atoms with E-state index in [1.165, 1.54) is 10.1 Å². The predicted octanol–water partition coefficient (Wildman–Crippen LogP) is 1.33. The van der Waals surface area contributed by atoms with Gasteiger partial charge < -0.3 is 19.3 Å². The van der Waals surface area contributed by atoms with E-state index in [0.29, 0.717) is 24.8 Å². The number of fused-ring (bicyclic) bond motifs is 1. The summed E-state index contributed by atoms with van der Waals surface area (Å²) in [5.74, 6) is 1.21. The van der Waals surface area contributed by atoms with Crippen molar-refractivity contribution >= 4 is 17.1 Å². The van der Waals surface area contributed by atoms with E-state index in [2.05, 4.69) is 9.97 Å². The molecule has 0 aliphatic heterocycles. The van der Waals surface area contributed by atoms with Crippen molar-refractivity contribution in [3.8, 4) is 5.75 Å². The number of anilines is 1. The van der Waals surface area contributed by atoms with Crippen molar-refractivity contribution in [3.05, 3.63) is 50.2 Å². The van der Waals surface area contributed by atoms with Crippen LogP contribution in [0, 0.1) is 13.8 Å². The second kappa shape index (κ2) is 8.74. The van der Waals surface area contributed by atoms with E-state index in [0.717, 1.165) is 5.56 Å². The van der Waals surface area contributed by atoms with Gasteiger partial charge in [-0.1, -0.05) is 6.07 Å². The number of ether oxygens (including phenoxy) is 1. The number of imidazole rings is 1. The Labute approximate surface area is 174 Å². The summed E-state index contributed by atoms with van der Waals surface area (Å²) in [6.45, 7) is 9.49. The van der Waals surface area contributed by atoms with Crippen LogP contribution in [0.1, 0.15) is 25.0 Å². The molecule has 9 heteroatoms. The molecule has 162 valence electrons. The quantitative estimate of drug-likeness (QED) is 0.575. The second-order valence-corrected chi connectivity index (χ2v) is 7.40. The number of aliphatic hydroxyl groups excluding tert-OH is 1. The molecule has 0 aliphatic rings. The van der Waals surface area contributed by atoms with E-state index in [1.807, 2.05) is 50.8 Å². The largest absolute Gasteiger partial charge is 0.491 e. The molecular formula is C21H29N5O4. The summed E-state index contributed by atoms with van der Waals surface area (Å²) < 4.78 is 8.72. The number of hydrogen-bond donors (Lipinski definition) is 2. The number of hydrogen-bond acceptors (Lipinski definition) is 6. The van der Waals surface area contributed by atoms with Crippen LogP contribution in [0.4, 0.5) is 5.95 Å². The lowest BCUT2D eigenvalue weighted by molar-refractivity contribution is 0.0936. The van der Waals surface area contributed by atoms with Crippen molar-refractivity contribution < 1.29 is 9.84 Å². The van der Waals surface area contributed by atoms with Gasteiger partial charge in [0.2, 0.25) is 5.95 Å². The van der Waals surface area contributed by atoms with E-state index in [-0.39, 0.29) is 24.3 Å². The number of aliphatic hydroxyl groups is 1. The van der Waals surface area contributed by atoms with Gasteiger partial charge in [-0.2, -0.15) is 4.98 Å². The zero-order valence-corrected chi connectivity index (χ0v) is 18.1. The van der Waals surface area contributed by atoms with Crippen molar-refractivity contribution in [2.24, 2.45) is 7.05 Å². The van der Waals surface area contributed by atoms with Gasteiger partial charge in [0, 0.05) is 20.1 Å². The van der Waals surface area contributed by atoms with Crippen LogP contribution in [0.25, 0.3) is 11.2 Å². The minimum Gasteiger partial charge on any atom is -0.491 e. The van der Waals surface area contributed by atoms with Gasteiger partial charge in [0.05, 0.1) is 6.54 Å². The molecular weight excluding hydrogens is 386 g/mol. The second-order valence-electron chi connectivity index (χ2n) is 7.40. The summed E-state index contributed by atoms with van der Waals surface area (Å²) in [7, 11) is 1.56. The molecule has 3 rings (SSSR count). The number of benzene rings is 1. The van der Waals surface area contributed by atoms with Crippen LogP contribution in [-0.2, 0) is 13.6 Å². The highest BCUT2D eigenvalue weighted by Crippen LogP contribution is 2.21. The summed E-state index contributed by atoms with van der Waals surface area (Å²) in [4.78, 5) is 33.4. The molecule has 0 saturated carbocycles. The first-order valence-electron chi connectivity index (χ1n) is 10.1. The molecule has 0 radical (unpaired) electrons. The SMILES string of the molecule is CCN(CC)c1nc2c(c(=O)[nH]c(=O)n2C)n1CC(O)COc1ccc(C)c(C)c1. The Balaban J connectivity index is 1.94. The topological polar surface area (TPSA) is 105 Å². The van der Waals surface area contributed by atoms with Crippen LogP contribution in [0.5, 0.6) is 5.75 Å². The maximum Gasteiger partial charge on any atom is 0.329 e. The third-order valence-electron chi connectivity index (χ3n) is 5.35. The summed E-state index contributed by atoms with van der Waals surface area (Å²) in [6.07, 6.45) is -0.880. The van der Waals surface area contributed by atoms with Crippen molar-refractivity contribution in [3.63, 3.8) is 0 Å². The molecule has 0 spiro atoms. The van der Waals surface area contributed by atoms with E-state index in [9.17, 15) is 14.7 Å². The molecule has 0 fully saturated rings. The zero-order chi connectivity index (χ0) is 22.0. The monoisotopic (exact) mass is 415 g/mol. The molecule has 0 saturated heterocycles. The number of aryl methyl sites for hydroxylation is 3. The molecule has 1 atom stereocenters. The maximum atomic E-state index is 12.6. The van der Waals surface area contributed by atoms with E-state index >= 15 is 0 Å². The molecule has 2 aromatic heterocycles. The molecule has 30 heavy (non-hydrogen) atoms. The van der Waals surface area contributed by atoms with Crippen molar-refractivity contribution in [2.45, 2.75) is 40.3 Å². The minimum absolute atomic E-state index is 0.0591. The Morgan fingerprint density at radius 3 is 2.53 bits per heavy atom. The number of H-pyrrole nitrogens is 1. The van der Waals surface area contributed by atoms with Crippen LogP contribution in [0.2, 0.25) is 0 Å². The fraction of sp³-hybridized carbons (Fsp3) is 0.476. The Morgan fingerprint density at radius 1 is 1.20 bits per heavy atom. The highest BCUT2D eigenvalue weighted by Gasteiger charge is 2.22. The Kier molecular flexibility index (Phi) is 6.31. The van der Waals surface area contributed by atoms with Crippen molar-refractivity contribution in [2.75, 3.05) is 24.6 Å².